The molecule has 2 unspecified atom stereocenters. The molecule has 7 fully saturated rings. The summed E-state index contributed by atoms with van der Waals surface area (Å²) in [6, 6.07) is 0. The van der Waals surface area contributed by atoms with E-state index in [4.69, 9.17) is 33.2 Å². The van der Waals surface area contributed by atoms with Crippen molar-refractivity contribution >= 4 is 0 Å². The van der Waals surface area contributed by atoms with Crippen LogP contribution in [0, 0.1) is 46.3 Å². The maximum Gasteiger partial charge on any atom is 0.187 e. The average Bonchev–Trinajstić information content (AvgIpc) is 3.72. The summed E-state index contributed by atoms with van der Waals surface area (Å²) in [5.74, 6) is 0.0434. The molecule has 4 aliphatic heterocycles. The predicted molar refractivity (Wildman–Crippen MR) is 219 cm³/mol. The van der Waals surface area contributed by atoms with E-state index >= 15 is 0 Å². The van der Waals surface area contributed by atoms with Crippen molar-refractivity contribution in [3.8, 4) is 0 Å². The van der Waals surface area contributed by atoms with Crippen LogP contribution in [0.1, 0.15) is 85.5 Å². The van der Waals surface area contributed by atoms with Crippen LogP contribution >= 0.6 is 0 Å². The molecule has 8 rings (SSSR count). The van der Waals surface area contributed by atoms with Crippen molar-refractivity contribution in [2.75, 3.05) is 26.4 Å². The van der Waals surface area contributed by atoms with E-state index in [0.29, 0.717) is 43.4 Å². The highest BCUT2D eigenvalue weighted by Gasteiger charge is 2.68. The molecule has 64 heavy (non-hydrogen) atoms. The molecular weight excluding hydrogens is 844 g/mol. The Balaban J connectivity index is 0.852. The van der Waals surface area contributed by atoms with Gasteiger partial charge in [-0.25, -0.2) is 0 Å². The van der Waals surface area contributed by atoms with E-state index < -0.39 is 118 Å². The molecule has 8 aliphatic rings. The molecule has 4 heterocycles. The molecule has 0 aromatic carbocycles. The van der Waals surface area contributed by atoms with E-state index in [1.165, 1.54) is 5.57 Å². The van der Waals surface area contributed by atoms with Crippen molar-refractivity contribution in [1.29, 1.82) is 0 Å². The fourth-order valence-corrected chi connectivity index (χ4v) is 13.6. The van der Waals surface area contributed by atoms with Crippen LogP contribution in [0.15, 0.2) is 11.6 Å². The minimum Gasteiger partial charge on any atom is -0.394 e. The third kappa shape index (κ3) is 8.57. The van der Waals surface area contributed by atoms with Crippen LogP contribution < -0.4 is 0 Å². The minimum atomic E-state index is -1.75. The average molecular weight is 919 g/mol. The molecule has 26 atom stereocenters. The van der Waals surface area contributed by atoms with Gasteiger partial charge in [-0.15, -0.1) is 0 Å². The highest BCUT2D eigenvalue weighted by atomic mass is 16.7. The zero-order chi connectivity index (χ0) is 46.2. The van der Waals surface area contributed by atoms with Crippen molar-refractivity contribution in [1.82, 2.24) is 0 Å². The summed E-state index contributed by atoms with van der Waals surface area (Å²) >= 11 is 0. The molecule has 19 heteroatoms. The maximum absolute atomic E-state index is 12.0. The van der Waals surface area contributed by atoms with E-state index in [2.05, 4.69) is 26.8 Å². The summed E-state index contributed by atoms with van der Waals surface area (Å²) in [6.07, 6.45) is -12.9. The van der Waals surface area contributed by atoms with Crippen LogP contribution in [0.25, 0.3) is 0 Å². The van der Waals surface area contributed by atoms with E-state index in [1.807, 2.05) is 6.92 Å². The van der Waals surface area contributed by atoms with Crippen molar-refractivity contribution in [3.63, 3.8) is 0 Å². The van der Waals surface area contributed by atoms with Gasteiger partial charge in [-0.3, -0.25) is 0 Å². The summed E-state index contributed by atoms with van der Waals surface area (Å²) in [6.45, 7) is 7.15. The minimum absolute atomic E-state index is 0.0154. The first kappa shape index (κ1) is 49.4. The number of hydrogen-bond acceptors (Lipinski definition) is 19. The zero-order valence-corrected chi connectivity index (χ0v) is 37.3. The maximum atomic E-state index is 12.0. The van der Waals surface area contributed by atoms with E-state index in [0.717, 1.165) is 32.1 Å². The summed E-state index contributed by atoms with van der Waals surface area (Å²) in [5.41, 5.74) is 1.23. The third-order valence-electron chi connectivity index (χ3n) is 17.4. The van der Waals surface area contributed by atoms with Crippen molar-refractivity contribution in [2.45, 2.75) is 196 Å². The second-order valence-electron chi connectivity index (χ2n) is 21.0. The van der Waals surface area contributed by atoms with E-state index in [-0.39, 0.29) is 47.4 Å². The zero-order valence-electron chi connectivity index (χ0n) is 37.3. The molecule has 368 valence electrons. The summed E-state index contributed by atoms with van der Waals surface area (Å²) < 4.78 is 41.4. The van der Waals surface area contributed by atoms with Crippen LogP contribution in [-0.4, -0.2) is 198 Å². The number of aliphatic hydroxyl groups excluding tert-OH is 11. The van der Waals surface area contributed by atoms with Crippen LogP contribution in [0.3, 0.4) is 0 Å². The Kier molecular flexibility index (Phi) is 14.7. The molecule has 0 aromatic rings. The van der Waals surface area contributed by atoms with Gasteiger partial charge in [-0.1, -0.05) is 39.3 Å². The lowest BCUT2D eigenvalue weighted by Crippen LogP contribution is -2.65. The van der Waals surface area contributed by atoms with Crippen LogP contribution in [0.2, 0.25) is 0 Å². The lowest BCUT2D eigenvalue weighted by Gasteiger charge is -2.58. The molecule has 19 nitrogen and oxygen atoms in total. The Bertz CT molecular complexity index is 1620. The van der Waals surface area contributed by atoms with Gasteiger partial charge in [0.05, 0.1) is 38.6 Å². The number of aliphatic hydroxyl groups is 12. The second kappa shape index (κ2) is 19.1. The summed E-state index contributed by atoms with van der Waals surface area (Å²) in [5, 5.41) is 125. The van der Waals surface area contributed by atoms with Crippen molar-refractivity contribution in [3.05, 3.63) is 11.6 Å². The predicted octanol–water partition coefficient (Wildman–Crippen LogP) is -1.86. The first-order chi connectivity index (χ1) is 30.3. The molecule has 4 saturated heterocycles. The van der Waals surface area contributed by atoms with Gasteiger partial charge in [0.1, 0.15) is 73.2 Å². The number of hydrogen-bond donors (Lipinski definition) is 12. The smallest absolute Gasteiger partial charge is 0.187 e. The van der Waals surface area contributed by atoms with Gasteiger partial charge in [0.15, 0.2) is 24.7 Å². The van der Waals surface area contributed by atoms with Gasteiger partial charge < -0.3 is 94.4 Å². The van der Waals surface area contributed by atoms with Gasteiger partial charge >= 0.3 is 0 Å². The third-order valence-corrected chi connectivity index (χ3v) is 17.4. The van der Waals surface area contributed by atoms with Gasteiger partial charge in [-0.2, -0.15) is 0 Å². The fourth-order valence-electron chi connectivity index (χ4n) is 13.6. The van der Waals surface area contributed by atoms with Gasteiger partial charge in [-0.05, 0) is 91.8 Å². The van der Waals surface area contributed by atoms with E-state index in [9.17, 15) is 61.3 Å². The largest absolute Gasteiger partial charge is 0.394 e. The number of allylic oxidation sites excluding steroid dienone is 1. The molecule has 12 N–H and O–H groups in total. The Morgan fingerprint density at radius 1 is 0.719 bits per heavy atom. The van der Waals surface area contributed by atoms with Gasteiger partial charge in [0.2, 0.25) is 0 Å². The quantitative estimate of drug-likeness (QED) is 0.0902. The Labute approximate surface area is 373 Å². The molecule has 0 bridgehead atoms. The molecular formula is C45H74O19. The number of rotatable bonds is 13. The Morgan fingerprint density at radius 3 is 1.97 bits per heavy atom. The summed E-state index contributed by atoms with van der Waals surface area (Å²) in [4.78, 5) is 0. The normalized spacial score (nSPS) is 54.3. The Hall–Kier alpha value is -1.02. The summed E-state index contributed by atoms with van der Waals surface area (Å²) in [7, 11) is 0. The van der Waals surface area contributed by atoms with Gasteiger partial charge in [0, 0.05) is 12.3 Å². The number of ether oxygens (including phenoxy) is 7. The standard InChI is InChI=1S/C45H74O19/c1-19(18-58-40-36(54)33(51)31(49)27(15-46)60-40)7-12-45(57)20(2)30-26(64-45)14-25-23-6-5-21-13-22(8-10-43(21,3)24(23)9-11-44(25,30)4)59-41-38(56)35(53)39(29(17-48)62-41)63-42-37(55)34(52)32(50)28(16-47)61-42/h5,19-20,22-42,46-57H,6-18H2,1-4H3/t19?,20-,22-,23+,24-,25-,26-,27+,28+,29+,30-,31+,32+,33-,34-,35+,36+,37+,38+,39+,40+,41+,42-,43-,44-,45?/m0/s1. The van der Waals surface area contributed by atoms with Crippen LogP contribution in [-0.2, 0) is 33.2 Å². The molecule has 3 saturated carbocycles. The molecule has 0 radical (unpaired) electrons. The SMILES string of the molecule is CC(CCC1(O)O[C@H]2C[C@H]3[C@@H]4CC=C5C[C@@H](O[C@@H]6O[C@H](CO)[C@@H](O[C@@H]7O[C@H](CO)[C@@H](O)[C@H](O)[C@H]7O)[C@H](O)[C@H]6O)CC[C@]5(C)[C@H]4CC[C@]3(C)[C@H]2[C@@H]1C)CO[C@@H]1O[C@H](CO)[C@@H](O)[C@H](O)[C@H]1O. The van der Waals surface area contributed by atoms with Crippen molar-refractivity contribution < 1.29 is 94.4 Å². The first-order valence-corrected chi connectivity index (χ1v) is 23.6. The van der Waals surface area contributed by atoms with Gasteiger partial charge in [0.25, 0.3) is 0 Å². The highest BCUT2D eigenvalue weighted by molar-refractivity contribution is 5.26. The first-order valence-electron chi connectivity index (χ1n) is 23.6. The van der Waals surface area contributed by atoms with Crippen LogP contribution in [0.4, 0.5) is 0 Å². The molecule has 4 aliphatic carbocycles. The molecule has 0 spiro atoms. The topological polar surface area (TPSA) is 307 Å². The van der Waals surface area contributed by atoms with Crippen LogP contribution in [0.5, 0.6) is 0 Å². The highest BCUT2D eigenvalue weighted by Crippen LogP contribution is 2.70. The fraction of sp³-hybridized carbons (Fsp3) is 0.956. The molecule has 0 aromatic heterocycles. The monoisotopic (exact) mass is 918 g/mol. The van der Waals surface area contributed by atoms with Crippen molar-refractivity contribution in [2.24, 2.45) is 46.3 Å². The Morgan fingerprint density at radius 2 is 1.31 bits per heavy atom. The molecule has 0 amide bonds. The lowest BCUT2D eigenvalue weighted by atomic mass is 9.47. The number of fused-ring (bicyclic) bond motifs is 7. The lowest BCUT2D eigenvalue weighted by molar-refractivity contribution is -0.363. The second-order valence-corrected chi connectivity index (χ2v) is 21.0. The van der Waals surface area contributed by atoms with E-state index in [1.54, 1.807) is 0 Å².